The first-order valence-corrected chi connectivity index (χ1v) is 7.61. The van der Waals surface area contributed by atoms with Gasteiger partial charge in [-0.15, -0.1) is 0 Å². The van der Waals surface area contributed by atoms with E-state index in [9.17, 15) is 9.90 Å². The molecule has 0 spiro atoms. The van der Waals surface area contributed by atoms with Gasteiger partial charge in [0.2, 0.25) is 6.79 Å². The molecule has 0 aromatic heterocycles. The van der Waals surface area contributed by atoms with E-state index >= 15 is 0 Å². The van der Waals surface area contributed by atoms with Gasteiger partial charge in [0.25, 0.3) is 0 Å². The number of carboxylic acids is 1. The lowest BCUT2D eigenvalue weighted by Crippen LogP contribution is -2.21. The predicted octanol–water partition coefficient (Wildman–Crippen LogP) is 2.76. The number of ether oxygens (including phenoxy) is 2. The molecule has 5 heteroatoms. The van der Waals surface area contributed by atoms with Crippen molar-refractivity contribution in [3.63, 3.8) is 0 Å². The zero-order valence-corrected chi connectivity index (χ0v) is 12.7. The molecular weight excluding hydrogens is 294 g/mol. The molecule has 5 nitrogen and oxygen atoms in total. The maximum Gasteiger partial charge on any atom is 0.311 e. The number of rotatable bonds is 7. The molecule has 3 rings (SSSR count). The van der Waals surface area contributed by atoms with Crippen LogP contribution in [-0.2, 0) is 11.3 Å². The second-order valence-electron chi connectivity index (χ2n) is 5.45. The molecule has 0 amide bonds. The van der Waals surface area contributed by atoms with Gasteiger partial charge in [0, 0.05) is 6.54 Å². The molecule has 23 heavy (non-hydrogen) atoms. The fourth-order valence-corrected chi connectivity index (χ4v) is 2.64. The van der Waals surface area contributed by atoms with Crippen LogP contribution in [0, 0.1) is 0 Å². The van der Waals surface area contributed by atoms with Crippen LogP contribution in [0.15, 0.2) is 48.5 Å². The van der Waals surface area contributed by atoms with E-state index in [1.54, 1.807) is 18.2 Å². The van der Waals surface area contributed by atoms with E-state index in [0.717, 1.165) is 12.1 Å². The van der Waals surface area contributed by atoms with Gasteiger partial charge < -0.3 is 19.9 Å². The van der Waals surface area contributed by atoms with E-state index in [4.69, 9.17) is 9.47 Å². The van der Waals surface area contributed by atoms with Crippen LogP contribution in [0.4, 0.5) is 0 Å². The summed E-state index contributed by atoms with van der Waals surface area (Å²) in [6, 6.07) is 15.4. The average Bonchev–Trinajstić information content (AvgIpc) is 3.03. The molecule has 120 valence electrons. The third-order valence-electron chi connectivity index (χ3n) is 3.88. The normalized spacial score (nSPS) is 13.7. The second-order valence-corrected chi connectivity index (χ2v) is 5.45. The number of carboxylic acid groups (broad SMARTS) is 1. The lowest BCUT2D eigenvalue weighted by molar-refractivity contribution is -0.138. The molecule has 2 aromatic rings. The fraction of sp³-hybridized carbons (Fsp3) is 0.278. The second kappa shape index (κ2) is 7.15. The van der Waals surface area contributed by atoms with E-state index in [1.807, 2.05) is 30.3 Å². The van der Waals surface area contributed by atoms with Gasteiger partial charge >= 0.3 is 5.97 Å². The SMILES string of the molecule is O=C(O)C(CCNCc1ccccc1)c1ccc2c(c1)OCO2. The van der Waals surface area contributed by atoms with Crippen molar-refractivity contribution in [2.75, 3.05) is 13.3 Å². The number of aliphatic carboxylic acids is 1. The number of hydrogen-bond acceptors (Lipinski definition) is 4. The van der Waals surface area contributed by atoms with E-state index in [2.05, 4.69) is 5.32 Å². The molecule has 1 unspecified atom stereocenters. The van der Waals surface area contributed by atoms with Crippen LogP contribution in [0.1, 0.15) is 23.5 Å². The van der Waals surface area contributed by atoms with Crippen molar-refractivity contribution in [2.45, 2.75) is 18.9 Å². The average molecular weight is 313 g/mol. The summed E-state index contributed by atoms with van der Waals surface area (Å²) in [4.78, 5) is 11.6. The van der Waals surface area contributed by atoms with E-state index in [-0.39, 0.29) is 6.79 Å². The van der Waals surface area contributed by atoms with Gasteiger partial charge in [-0.3, -0.25) is 4.79 Å². The van der Waals surface area contributed by atoms with Crippen molar-refractivity contribution in [1.82, 2.24) is 5.32 Å². The van der Waals surface area contributed by atoms with E-state index < -0.39 is 11.9 Å². The summed E-state index contributed by atoms with van der Waals surface area (Å²) in [5, 5.41) is 12.8. The Morgan fingerprint density at radius 2 is 1.91 bits per heavy atom. The van der Waals surface area contributed by atoms with Crippen molar-refractivity contribution in [2.24, 2.45) is 0 Å². The molecule has 0 fully saturated rings. The molecule has 1 aliphatic heterocycles. The smallest absolute Gasteiger partial charge is 0.311 e. The fourth-order valence-electron chi connectivity index (χ4n) is 2.64. The highest BCUT2D eigenvalue weighted by Gasteiger charge is 2.22. The van der Waals surface area contributed by atoms with Crippen molar-refractivity contribution in [1.29, 1.82) is 0 Å². The summed E-state index contributed by atoms with van der Waals surface area (Å²) < 4.78 is 10.6. The molecule has 2 N–H and O–H groups in total. The van der Waals surface area contributed by atoms with E-state index in [0.29, 0.717) is 24.5 Å². The highest BCUT2D eigenvalue weighted by Crippen LogP contribution is 2.35. The third-order valence-corrected chi connectivity index (χ3v) is 3.88. The highest BCUT2D eigenvalue weighted by atomic mass is 16.7. The Morgan fingerprint density at radius 3 is 2.70 bits per heavy atom. The first-order valence-electron chi connectivity index (χ1n) is 7.61. The van der Waals surface area contributed by atoms with Gasteiger partial charge in [0.1, 0.15) is 0 Å². The molecule has 0 aliphatic carbocycles. The summed E-state index contributed by atoms with van der Waals surface area (Å²) in [6.45, 7) is 1.55. The van der Waals surface area contributed by atoms with Gasteiger partial charge in [0.15, 0.2) is 11.5 Å². The molecule has 1 heterocycles. The molecule has 0 saturated heterocycles. The first kappa shape index (κ1) is 15.4. The van der Waals surface area contributed by atoms with Gasteiger partial charge in [-0.05, 0) is 36.2 Å². The van der Waals surface area contributed by atoms with Crippen molar-refractivity contribution in [3.05, 3.63) is 59.7 Å². The molecule has 1 atom stereocenters. The molecule has 2 aromatic carbocycles. The number of fused-ring (bicyclic) bond motifs is 1. The molecular formula is C18H19NO4. The van der Waals surface area contributed by atoms with Crippen LogP contribution in [0.25, 0.3) is 0 Å². The lowest BCUT2D eigenvalue weighted by atomic mass is 9.95. The largest absolute Gasteiger partial charge is 0.481 e. The monoisotopic (exact) mass is 313 g/mol. The van der Waals surface area contributed by atoms with Gasteiger partial charge in [-0.2, -0.15) is 0 Å². The molecule has 0 bridgehead atoms. The van der Waals surface area contributed by atoms with Crippen LogP contribution in [0.5, 0.6) is 11.5 Å². The first-order chi connectivity index (χ1) is 11.2. The highest BCUT2D eigenvalue weighted by molar-refractivity contribution is 5.76. The molecule has 0 saturated carbocycles. The standard InChI is InChI=1S/C18H19NO4/c20-18(21)15(8-9-19-11-13-4-2-1-3-5-13)14-6-7-16-17(10-14)23-12-22-16/h1-7,10,15,19H,8-9,11-12H2,(H,20,21). The van der Waals surface area contributed by atoms with E-state index in [1.165, 1.54) is 5.56 Å². The number of hydrogen-bond donors (Lipinski definition) is 2. The number of nitrogens with one attached hydrogen (secondary N) is 1. The Bertz CT molecular complexity index is 672. The maximum absolute atomic E-state index is 11.6. The Kier molecular flexibility index (Phi) is 4.78. The quantitative estimate of drug-likeness (QED) is 0.769. The Hall–Kier alpha value is -2.53. The Balaban J connectivity index is 1.58. The summed E-state index contributed by atoms with van der Waals surface area (Å²) in [5.74, 6) is -0.107. The van der Waals surface area contributed by atoms with Gasteiger partial charge in [-0.25, -0.2) is 0 Å². The maximum atomic E-state index is 11.6. The summed E-state index contributed by atoms with van der Waals surface area (Å²) >= 11 is 0. The van der Waals surface area contributed by atoms with Gasteiger partial charge in [0.05, 0.1) is 5.92 Å². The van der Waals surface area contributed by atoms with Crippen molar-refractivity contribution < 1.29 is 19.4 Å². The molecule has 1 aliphatic rings. The Labute approximate surface area is 134 Å². The van der Waals surface area contributed by atoms with Gasteiger partial charge in [-0.1, -0.05) is 36.4 Å². The summed E-state index contributed by atoms with van der Waals surface area (Å²) in [7, 11) is 0. The summed E-state index contributed by atoms with van der Waals surface area (Å²) in [6.07, 6.45) is 0.516. The summed E-state index contributed by atoms with van der Waals surface area (Å²) in [5.41, 5.74) is 1.92. The van der Waals surface area contributed by atoms with Crippen LogP contribution in [-0.4, -0.2) is 24.4 Å². The van der Waals surface area contributed by atoms with Crippen molar-refractivity contribution >= 4 is 5.97 Å². The molecule has 0 radical (unpaired) electrons. The van der Waals surface area contributed by atoms with Crippen LogP contribution in [0.2, 0.25) is 0 Å². The topological polar surface area (TPSA) is 67.8 Å². The zero-order chi connectivity index (χ0) is 16.1. The van der Waals surface area contributed by atoms with Crippen LogP contribution < -0.4 is 14.8 Å². The number of carbonyl (C=O) groups is 1. The minimum atomic E-state index is -0.828. The number of benzene rings is 2. The minimum absolute atomic E-state index is 0.190. The zero-order valence-electron chi connectivity index (χ0n) is 12.7. The lowest BCUT2D eigenvalue weighted by Gasteiger charge is -2.14. The van der Waals surface area contributed by atoms with Crippen LogP contribution in [0.3, 0.4) is 0 Å². The Morgan fingerprint density at radius 1 is 1.13 bits per heavy atom. The van der Waals surface area contributed by atoms with Crippen molar-refractivity contribution in [3.8, 4) is 11.5 Å². The third kappa shape index (κ3) is 3.81. The minimum Gasteiger partial charge on any atom is -0.481 e. The van der Waals surface area contributed by atoms with Crippen LogP contribution >= 0.6 is 0 Å². The predicted molar refractivity (Wildman–Crippen MR) is 85.7 cm³/mol.